The zero-order valence-corrected chi connectivity index (χ0v) is 15.8. The average Bonchev–Trinajstić information content (AvgIpc) is 2.51. The van der Waals surface area contributed by atoms with Crippen LogP contribution in [0.25, 0.3) is 0 Å². The van der Waals surface area contributed by atoms with Crippen LogP contribution in [-0.4, -0.2) is 65.7 Å². The summed E-state index contributed by atoms with van der Waals surface area (Å²) in [7, 11) is 0. The summed E-state index contributed by atoms with van der Waals surface area (Å²) < 4.78 is 0. The highest BCUT2D eigenvalue weighted by atomic mass is 16.4. The third-order valence-electron chi connectivity index (χ3n) is 4.64. The van der Waals surface area contributed by atoms with Crippen LogP contribution in [0.1, 0.15) is 59.8 Å². The first-order valence-corrected chi connectivity index (χ1v) is 9.21. The number of urea groups is 1. The van der Waals surface area contributed by atoms with E-state index in [0.29, 0.717) is 18.5 Å². The largest absolute Gasteiger partial charge is 0.480 e. The number of likely N-dealkylation sites (N-methyl/N-ethyl adjacent to an activating group) is 1. The predicted octanol–water partition coefficient (Wildman–Crippen LogP) is 2.78. The molecular formula is C18H35N3O3. The van der Waals surface area contributed by atoms with Crippen molar-refractivity contribution in [2.75, 3.05) is 32.7 Å². The molecule has 1 saturated heterocycles. The lowest BCUT2D eigenvalue weighted by Gasteiger charge is -2.37. The van der Waals surface area contributed by atoms with E-state index in [0.717, 1.165) is 38.8 Å². The van der Waals surface area contributed by atoms with Crippen molar-refractivity contribution in [3.05, 3.63) is 0 Å². The number of carbonyl (C=O) groups excluding carboxylic acids is 1. The number of aliphatic carboxylic acids is 1. The minimum absolute atomic E-state index is 0.0190. The molecule has 2 N–H and O–H groups in total. The molecule has 0 aromatic heterocycles. The summed E-state index contributed by atoms with van der Waals surface area (Å²) in [5.74, 6) is -0.785. The van der Waals surface area contributed by atoms with Gasteiger partial charge in [-0.3, -0.25) is 9.69 Å². The Labute approximate surface area is 146 Å². The Morgan fingerprint density at radius 2 is 1.83 bits per heavy atom. The van der Waals surface area contributed by atoms with Crippen LogP contribution in [0.5, 0.6) is 0 Å². The van der Waals surface area contributed by atoms with Gasteiger partial charge < -0.3 is 15.3 Å². The number of nitrogens with zero attached hydrogens (tertiary/aromatic N) is 2. The van der Waals surface area contributed by atoms with Gasteiger partial charge in [0.2, 0.25) is 0 Å². The molecule has 0 spiro atoms. The number of piperidine rings is 1. The van der Waals surface area contributed by atoms with Crippen LogP contribution >= 0.6 is 0 Å². The molecule has 0 aliphatic carbocycles. The van der Waals surface area contributed by atoms with Crippen molar-refractivity contribution in [2.45, 2.75) is 65.8 Å². The molecule has 0 bridgehead atoms. The monoisotopic (exact) mass is 341 g/mol. The van der Waals surface area contributed by atoms with Gasteiger partial charge in [0.15, 0.2) is 0 Å². The van der Waals surface area contributed by atoms with Crippen molar-refractivity contribution in [3.8, 4) is 0 Å². The Balaban J connectivity index is 2.24. The number of carboxylic acids is 1. The fraction of sp³-hybridized carbons (Fsp3) is 0.889. The number of carbonyl (C=O) groups is 2. The van der Waals surface area contributed by atoms with Gasteiger partial charge in [-0.1, -0.05) is 34.1 Å². The minimum atomic E-state index is -0.785. The quantitative estimate of drug-likeness (QED) is 0.666. The summed E-state index contributed by atoms with van der Waals surface area (Å²) in [6, 6.07) is 0.285. The maximum Gasteiger partial charge on any atom is 0.317 e. The number of unbranched alkanes of at least 4 members (excludes halogenated alkanes) is 1. The maximum absolute atomic E-state index is 12.2. The van der Waals surface area contributed by atoms with E-state index in [-0.39, 0.29) is 18.6 Å². The Kier molecular flexibility index (Phi) is 8.53. The molecule has 1 heterocycles. The maximum atomic E-state index is 12.2. The van der Waals surface area contributed by atoms with Crippen LogP contribution < -0.4 is 5.32 Å². The summed E-state index contributed by atoms with van der Waals surface area (Å²) in [6.07, 6.45) is 5.01. The summed E-state index contributed by atoms with van der Waals surface area (Å²) in [5, 5.41) is 12.0. The van der Waals surface area contributed by atoms with Crippen LogP contribution in [0.3, 0.4) is 0 Å². The Hall–Kier alpha value is -1.30. The molecule has 140 valence electrons. The van der Waals surface area contributed by atoms with Crippen LogP contribution in [0.15, 0.2) is 0 Å². The smallest absolute Gasteiger partial charge is 0.317 e. The highest BCUT2D eigenvalue weighted by Crippen LogP contribution is 2.21. The van der Waals surface area contributed by atoms with Gasteiger partial charge in [0, 0.05) is 25.7 Å². The fourth-order valence-corrected chi connectivity index (χ4v) is 3.19. The first-order valence-electron chi connectivity index (χ1n) is 9.21. The van der Waals surface area contributed by atoms with E-state index < -0.39 is 5.97 Å². The molecular weight excluding hydrogens is 306 g/mol. The molecule has 1 rings (SSSR count). The molecule has 1 aliphatic heterocycles. The molecule has 24 heavy (non-hydrogen) atoms. The van der Waals surface area contributed by atoms with Gasteiger partial charge in [-0.15, -0.1) is 0 Å². The number of rotatable bonds is 8. The first kappa shape index (κ1) is 20.7. The van der Waals surface area contributed by atoms with E-state index in [4.69, 9.17) is 5.11 Å². The molecule has 1 fully saturated rings. The van der Waals surface area contributed by atoms with E-state index in [1.807, 2.05) is 16.7 Å². The average molecular weight is 341 g/mol. The van der Waals surface area contributed by atoms with Crippen molar-refractivity contribution < 1.29 is 14.7 Å². The van der Waals surface area contributed by atoms with Crippen LogP contribution in [0.2, 0.25) is 0 Å². The lowest BCUT2D eigenvalue weighted by molar-refractivity contribution is -0.139. The Morgan fingerprint density at radius 1 is 1.21 bits per heavy atom. The molecule has 0 aromatic carbocycles. The Bertz CT molecular complexity index is 399. The summed E-state index contributed by atoms with van der Waals surface area (Å²) in [4.78, 5) is 26.9. The van der Waals surface area contributed by atoms with Crippen LogP contribution in [0, 0.1) is 5.41 Å². The van der Waals surface area contributed by atoms with Gasteiger partial charge in [-0.25, -0.2) is 4.79 Å². The van der Waals surface area contributed by atoms with Gasteiger partial charge in [-0.05, 0) is 37.6 Å². The van der Waals surface area contributed by atoms with Crippen LogP contribution in [0.4, 0.5) is 4.79 Å². The number of likely N-dealkylation sites (tertiary alicyclic amines) is 1. The van der Waals surface area contributed by atoms with E-state index in [9.17, 15) is 9.59 Å². The van der Waals surface area contributed by atoms with Crippen molar-refractivity contribution >= 4 is 12.0 Å². The van der Waals surface area contributed by atoms with Gasteiger partial charge in [0.1, 0.15) is 0 Å². The van der Waals surface area contributed by atoms with Crippen LogP contribution in [-0.2, 0) is 4.79 Å². The SMILES string of the molecule is CCN(CC(=O)O)C1CCN(C(=O)NCCCCC(C)(C)C)CC1. The third-order valence-corrected chi connectivity index (χ3v) is 4.64. The molecule has 0 atom stereocenters. The second-order valence-corrected chi connectivity index (χ2v) is 7.92. The molecule has 0 aromatic rings. The number of nitrogens with one attached hydrogen (secondary N) is 1. The molecule has 0 unspecified atom stereocenters. The molecule has 6 nitrogen and oxygen atoms in total. The molecule has 2 amide bonds. The normalized spacial score (nSPS) is 16.5. The number of hydrogen-bond donors (Lipinski definition) is 2. The lowest BCUT2D eigenvalue weighted by Crippen LogP contribution is -2.50. The van der Waals surface area contributed by atoms with Gasteiger partial charge in [0.05, 0.1) is 6.54 Å². The third kappa shape index (κ3) is 7.99. The topological polar surface area (TPSA) is 72.9 Å². The summed E-state index contributed by atoms with van der Waals surface area (Å²) >= 11 is 0. The fourth-order valence-electron chi connectivity index (χ4n) is 3.19. The number of hydrogen-bond acceptors (Lipinski definition) is 3. The highest BCUT2D eigenvalue weighted by Gasteiger charge is 2.27. The molecule has 0 radical (unpaired) electrons. The van der Waals surface area contributed by atoms with Crippen molar-refractivity contribution in [3.63, 3.8) is 0 Å². The summed E-state index contributed by atoms with van der Waals surface area (Å²) in [5.41, 5.74) is 0.354. The molecule has 1 aliphatic rings. The minimum Gasteiger partial charge on any atom is -0.480 e. The summed E-state index contributed by atoms with van der Waals surface area (Å²) in [6.45, 7) is 11.6. The van der Waals surface area contributed by atoms with E-state index in [2.05, 4.69) is 26.1 Å². The highest BCUT2D eigenvalue weighted by molar-refractivity contribution is 5.74. The zero-order valence-electron chi connectivity index (χ0n) is 15.8. The lowest BCUT2D eigenvalue weighted by atomic mass is 9.90. The van der Waals surface area contributed by atoms with Gasteiger partial charge >= 0.3 is 12.0 Å². The zero-order chi connectivity index (χ0) is 18.2. The Morgan fingerprint density at radius 3 is 2.33 bits per heavy atom. The number of amides is 2. The van der Waals surface area contributed by atoms with Crippen molar-refractivity contribution in [2.24, 2.45) is 5.41 Å². The molecule has 0 saturated carbocycles. The number of carboxylic acid groups (broad SMARTS) is 1. The first-order chi connectivity index (χ1) is 11.2. The standard InChI is InChI=1S/C18H35N3O3/c1-5-20(14-16(22)23)15-8-12-21(13-9-15)17(24)19-11-7-6-10-18(2,3)4/h15H,5-14H2,1-4H3,(H,19,24)(H,22,23). The van der Waals surface area contributed by atoms with E-state index in [1.165, 1.54) is 6.42 Å². The van der Waals surface area contributed by atoms with Gasteiger partial charge in [-0.2, -0.15) is 0 Å². The van der Waals surface area contributed by atoms with Crippen molar-refractivity contribution in [1.29, 1.82) is 0 Å². The second-order valence-electron chi connectivity index (χ2n) is 7.92. The van der Waals surface area contributed by atoms with E-state index >= 15 is 0 Å². The molecule has 6 heteroatoms. The van der Waals surface area contributed by atoms with Crippen molar-refractivity contribution in [1.82, 2.24) is 15.1 Å². The van der Waals surface area contributed by atoms with E-state index in [1.54, 1.807) is 0 Å². The predicted molar refractivity (Wildman–Crippen MR) is 96.2 cm³/mol. The second kappa shape index (κ2) is 9.87. The van der Waals surface area contributed by atoms with Gasteiger partial charge in [0.25, 0.3) is 0 Å².